The monoisotopic (exact) mass is 288 g/mol. The zero-order valence-electron chi connectivity index (χ0n) is 12.2. The number of nitriles is 1. The van der Waals surface area contributed by atoms with E-state index in [1.807, 2.05) is 30.5 Å². The number of benzene rings is 1. The Morgan fingerprint density at radius 2 is 1.81 bits per heavy atom. The maximum atomic E-state index is 9.07. The summed E-state index contributed by atoms with van der Waals surface area (Å²) in [5, 5.41) is 10.1. The Labute approximate surface area is 124 Å². The molecule has 1 aromatic heterocycles. The molecule has 0 aliphatic carbocycles. The van der Waals surface area contributed by atoms with Gasteiger partial charge in [-0.15, -0.1) is 0 Å². The largest absolute Gasteiger partial charge is 0.382 e. The van der Waals surface area contributed by atoms with E-state index in [-0.39, 0.29) is 0 Å². The fourth-order valence-electron chi connectivity index (χ4n) is 2.14. The predicted molar refractivity (Wildman–Crippen MR) is 80.2 cm³/mol. The topological polar surface area (TPSA) is 56.4 Å². The number of hydrogen-bond donors (Lipinski definition) is 0. The average molecular weight is 288 g/mol. The van der Waals surface area contributed by atoms with Gasteiger partial charge in [0.2, 0.25) is 0 Å². The molecule has 5 heteroatoms. The van der Waals surface area contributed by atoms with Gasteiger partial charge in [0.25, 0.3) is 0 Å². The van der Waals surface area contributed by atoms with Crippen LogP contribution in [-0.4, -0.2) is 44.7 Å². The molecule has 0 saturated heterocycles. The van der Waals surface area contributed by atoms with Gasteiger partial charge in [0.15, 0.2) is 0 Å². The number of rotatable bonds is 9. The number of methoxy groups -OCH3 is 1. The summed E-state index contributed by atoms with van der Waals surface area (Å²) in [7, 11) is 1.65. The molecule has 0 aliphatic rings. The van der Waals surface area contributed by atoms with Crippen LogP contribution in [0.4, 0.5) is 0 Å². The smallest absolute Gasteiger partial charge is 0.0998 e. The Morgan fingerprint density at radius 3 is 2.57 bits per heavy atom. The van der Waals surface area contributed by atoms with Crippen LogP contribution < -0.4 is 0 Å². The number of aromatic nitrogens is 1. The van der Waals surface area contributed by atoms with E-state index in [0.717, 1.165) is 17.4 Å². The van der Waals surface area contributed by atoms with Crippen LogP contribution in [0, 0.1) is 11.3 Å². The van der Waals surface area contributed by atoms with Crippen molar-refractivity contribution in [1.82, 2.24) is 4.57 Å². The lowest BCUT2D eigenvalue weighted by molar-refractivity contribution is 0.0232. The summed E-state index contributed by atoms with van der Waals surface area (Å²) in [6.07, 6.45) is 1.99. The van der Waals surface area contributed by atoms with Crippen molar-refractivity contribution in [2.45, 2.75) is 6.54 Å². The van der Waals surface area contributed by atoms with Gasteiger partial charge in [-0.2, -0.15) is 5.26 Å². The minimum atomic E-state index is 0.576. The van der Waals surface area contributed by atoms with Crippen LogP contribution in [0.15, 0.2) is 30.5 Å². The molecule has 5 nitrogen and oxygen atoms in total. The van der Waals surface area contributed by atoms with Gasteiger partial charge < -0.3 is 18.8 Å². The first-order valence-corrected chi connectivity index (χ1v) is 6.99. The van der Waals surface area contributed by atoms with Crippen molar-refractivity contribution < 1.29 is 14.2 Å². The first kappa shape index (κ1) is 15.5. The summed E-state index contributed by atoms with van der Waals surface area (Å²) in [5.41, 5.74) is 1.77. The van der Waals surface area contributed by atoms with Crippen LogP contribution in [0.5, 0.6) is 0 Å². The fourth-order valence-corrected chi connectivity index (χ4v) is 2.14. The van der Waals surface area contributed by atoms with Crippen molar-refractivity contribution in [1.29, 1.82) is 5.26 Å². The van der Waals surface area contributed by atoms with Gasteiger partial charge in [0.1, 0.15) is 0 Å². The maximum Gasteiger partial charge on any atom is 0.0998 e. The van der Waals surface area contributed by atoms with Crippen molar-refractivity contribution in [2.24, 2.45) is 0 Å². The molecule has 112 valence electrons. The summed E-state index contributed by atoms with van der Waals surface area (Å²) in [5.74, 6) is 0. The lowest BCUT2D eigenvalue weighted by atomic mass is 10.1. The van der Waals surface area contributed by atoms with E-state index in [1.165, 1.54) is 0 Å². The molecular formula is C16H20N2O3. The molecule has 0 radical (unpaired) electrons. The summed E-state index contributed by atoms with van der Waals surface area (Å²) in [6.45, 7) is 3.74. The third-order valence-electron chi connectivity index (χ3n) is 3.21. The van der Waals surface area contributed by atoms with Gasteiger partial charge in [0.05, 0.1) is 44.7 Å². The highest BCUT2D eigenvalue weighted by atomic mass is 16.5. The molecule has 2 aromatic rings. The van der Waals surface area contributed by atoms with Gasteiger partial charge in [-0.1, -0.05) is 6.07 Å². The molecule has 0 fully saturated rings. The lowest BCUT2D eigenvalue weighted by Gasteiger charge is -2.07. The second-order valence-electron chi connectivity index (χ2n) is 4.58. The third-order valence-corrected chi connectivity index (χ3v) is 3.21. The van der Waals surface area contributed by atoms with E-state index < -0.39 is 0 Å². The van der Waals surface area contributed by atoms with Gasteiger partial charge in [-0.3, -0.25) is 0 Å². The van der Waals surface area contributed by atoms with Crippen LogP contribution in [0.25, 0.3) is 10.9 Å². The van der Waals surface area contributed by atoms with Crippen molar-refractivity contribution in [3.8, 4) is 6.07 Å². The maximum absolute atomic E-state index is 9.07. The highest BCUT2D eigenvalue weighted by molar-refractivity contribution is 5.85. The van der Waals surface area contributed by atoms with E-state index in [2.05, 4.69) is 10.6 Å². The quantitative estimate of drug-likeness (QED) is 0.664. The summed E-state index contributed by atoms with van der Waals surface area (Å²) >= 11 is 0. The molecular weight excluding hydrogens is 268 g/mol. The molecule has 0 bridgehead atoms. The zero-order chi connectivity index (χ0) is 14.9. The van der Waals surface area contributed by atoms with Gasteiger partial charge in [-0.05, 0) is 18.2 Å². The zero-order valence-corrected chi connectivity index (χ0v) is 12.2. The van der Waals surface area contributed by atoms with Crippen molar-refractivity contribution in [2.75, 3.05) is 40.1 Å². The highest BCUT2D eigenvalue weighted by Crippen LogP contribution is 2.19. The minimum absolute atomic E-state index is 0.576. The van der Waals surface area contributed by atoms with Crippen LogP contribution in [0.1, 0.15) is 5.56 Å². The van der Waals surface area contributed by atoms with E-state index in [9.17, 15) is 0 Å². The Balaban J connectivity index is 1.76. The molecule has 0 amide bonds. The average Bonchev–Trinajstić information content (AvgIpc) is 2.93. The number of nitrogens with zero attached hydrogens (tertiary/aromatic N) is 2. The van der Waals surface area contributed by atoms with Crippen molar-refractivity contribution in [3.63, 3.8) is 0 Å². The summed E-state index contributed by atoms with van der Waals surface area (Å²) in [6, 6.07) is 9.94. The number of ether oxygens (including phenoxy) is 3. The lowest BCUT2D eigenvalue weighted by Crippen LogP contribution is -2.11. The molecule has 0 spiro atoms. The van der Waals surface area contributed by atoms with Gasteiger partial charge in [-0.25, -0.2) is 0 Å². The number of hydrogen-bond acceptors (Lipinski definition) is 4. The standard InChI is InChI=1S/C16H20N2O3/c1-19-9-10-21-12-11-20-8-7-18-6-5-15-14(13-17)3-2-4-16(15)18/h2-6H,7-12H2,1H3. The minimum Gasteiger partial charge on any atom is -0.382 e. The van der Waals surface area contributed by atoms with Gasteiger partial charge >= 0.3 is 0 Å². The molecule has 0 aliphatic heterocycles. The molecule has 1 aromatic carbocycles. The molecule has 2 rings (SSSR count). The second kappa shape index (κ2) is 8.42. The van der Waals surface area contributed by atoms with Gasteiger partial charge in [0, 0.05) is 30.8 Å². The predicted octanol–water partition coefficient (Wildman–Crippen LogP) is 2.19. The first-order chi connectivity index (χ1) is 10.4. The molecule has 0 unspecified atom stereocenters. The van der Waals surface area contributed by atoms with E-state index >= 15 is 0 Å². The van der Waals surface area contributed by atoms with E-state index in [1.54, 1.807) is 7.11 Å². The molecule has 0 N–H and O–H groups in total. The Bertz CT molecular complexity index is 601. The first-order valence-electron chi connectivity index (χ1n) is 6.99. The molecule has 21 heavy (non-hydrogen) atoms. The summed E-state index contributed by atoms with van der Waals surface area (Å²) < 4.78 is 17.8. The second-order valence-corrected chi connectivity index (χ2v) is 4.58. The Morgan fingerprint density at radius 1 is 1.05 bits per heavy atom. The van der Waals surface area contributed by atoms with E-state index in [0.29, 0.717) is 38.6 Å². The van der Waals surface area contributed by atoms with E-state index in [4.69, 9.17) is 19.5 Å². The number of fused-ring (bicyclic) bond motifs is 1. The van der Waals surface area contributed by atoms with Crippen LogP contribution in [0.2, 0.25) is 0 Å². The van der Waals surface area contributed by atoms with Crippen LogP contribution >= 0.6 is 0 Å². The summed E-state index contributed by atoms with van der Waals surface area (Å²) in [4.78, 5) is 0. The van der Waals surface area contributed by atoms with Crippen molar-refractivity contribution >= 4 is 10.9 Å². The SMILES string of the molecule is COCCOCCOCCn1ccc2c(C#N)cccc21. The molecule has 1 heterocycles. The fraction of sp³-hybridized carbons (Fsp3) is 0.438. The Kier molecular flexibility index (Phi) is 6.22. The third kappa shape index (κ3) is 4.30. The van der Waals surface area contributed by atoms with Crippen LogP contribution in [-0.2, 0) is 20.8 Å². The molecule has 0 saturated carbocycles. The normalized spacial score (nSPS) is 10.9. The Hall–Kier alpha value is -1.87. The van der Waals surface area contributed by atoms with Crippen molar-refractivity contribution in [3.05, 3.63) is 36.0 Å². The van der Waals surface area contributed by atoms with Crippen LogP contribution in [0.3, 0.4) is 0 Å². The molecule has 0 atom stereocenters. The highest BCUT2D eigenvalue weighted by Gasteiger charge is 2.04.